The second kappa shape index (κ2) is 4.16. The van der Waals surface area contributed by atoms with Crippen molar-refractivity contribution >= 4 is 5.97 Å². The van der Waals surface area contributed by atoms with Crippen molar-refractivity contribution in [3.63, 3.8) is 0 Å². The molecule has 0 aliphatic heterocycles. The lowest BCUT2D eigenvalue weighted by molar-refractivity contribution is -0.135. The predicted octanol–water partition coefficient (Wildman–Crippen LogP) is -0.543. The molecule has 2 N–H and O–H groups in total. The molecule has 0 aromatic rings. The average Bonchev–Trinajstić information content (AvgIpc) is 1.66. The molecule has 8 heavy (non-hydrogen) atoms. The van der Waals surface area contributed by atoms with Gasteiger partial charge in [-0.25, -0.2) is 0 Å². The lowest BCUT2D eigenvalue weighted by Gasteiger charge is -1.75. The van der Waals surface area contributed by atoms with Gasteiger partial charge in [-0.2, -0.15) is 0 Å². The van der Waals surface area contributed by atoms with E-state index in [0.29, 0.717) is 0 Å². The second-order valence-corrected chi connectivity index (χ2v) is 1.08. The number of carboxylic acids is 1. The van der Waals surface area contributed by atoms with Crippen LogP contribution in [0.25, 0.3) is 0 Å². The highest BCUT2D eigenvalue weighted by molar-refractivity contribution is 5.69. The van der Waals surface area contributed by atoms with Gasteiger partial charge in [0.05, 0.1) is 0 Å². The van der Waals surface area contributed by atoms with Gasteiger partial charge in [-0.1, -0.05) is 11.8 Å². The number of carboxylic acid groups (broad SMARTS) is 1. The normalized spacial score (nSPS) is 7.12. The van der Waals surface area contributed by atoms with Crippen molar-refractivity contribution in [2.24, 2.45) is 0 Å². The third-order valence-corrected chi connectivity index (χ3v) is 0.444. The lowest BCUT2D eigenvalue weighted by Crippen LogP contribution is -1.90. The Labute approximate surface area is 46.9 Å². The van der Waals surface area contributed by atoms with Gasteiger partial charge in [0.1, 0.15) is 13.0 Å². The topological polar surface area (TPSA) is 57.5 Å². The quantitative estimate of drug-likeness (QED) is 0.450. The van der Waals surface area contributed by atoms with Crippen LogP contribution in [0.15, 0.2) is 0 Å². The smallest absolute Gasteiger partial charge is 0.315 e. The van der Waals surface area contributed by atoms with Crippen LogP contribution in [0, 0.1) is 11.8 Å². The first-order valence-corrected chi connectivity index (χ1v) is 2.05. The predicted molar refractivity (Wildman–Crippen MR) is 27.1 cm³/mol. The van der Waals surface area contributed by atoms with E-state index in [1.54, 1.807) is 0 Å². The van der Waals surface area contributed by atoms with Gasteiger partial charge in [-0.3, -0.25) is 4.79 Å². The van der Waals surface area contributed by atoms with Crippen LogP contribution < -0.4 is 0 Å². The molecule has 0 radical (unpaired) electrons. The Kier molecular flexibility index (Phi) is 3.63. The maximum absolute atomic E-state index is 9.69. The molecule has 0 rings (SSSR count). The van der Waals surface area contributed by atoms with Gasteiger partial charge in [0.25, 0.3) is 0 Å². The number of hydrogen-bond acceptors (Lipinski definition) is 2. The van der Waals surface area contributed by atoms with Gasteiger partial charge in [0.15, 0.2) is 0 Å². The summed E-state index contributed by atoms with van der Waals surface area (Å²) in [5, 5.41) is 16.0. The van der Waals surface area contributed by atoms with E-state index >= 15 is 0 Å². The first kappa shape index (κ1) is 6.99. The number of rotatable bonds is 1. The molecule has 0 bridgehead atoms. The van der Waals surface area contributed by atoms with Gasteiger partial charge >= 0.3 is 5.97 Å². The molecule has 0 aliphatic rings. The van der Waals surface area contributed by atoms with Crippen molar-refractivity contribution in [3.05, 3.63) is 0 Å². The van der Waals surface area contributed by atoms with Crippen molar-refractivity contribution in [3.8, 4) is 11.8 Å². The second-order valence-electron chi connectivity index (χ2n) is 1.08. The van der Waals surface area contributed by atoms with Gasteiger partial charge in [-0.15, -0.1) is 0 Å². The minimum absolute atomic E-state index is 0.194. The summed E-state index contributed by atoms with van der Waals surface area (Å²) in [6.07, 6.45) is -0.194. The standard InChI is InChI=1S/C5H6O3/c6-4-2-1-3-5(7)8/h6H,3-4H2,(H,7,8). The van der Waals surface area contributed by atoms with E-state index in [0.717, 1.165) is 0 Å². The zero-order valence-corrected chi connectivity index (χ0v) is 4.22. The van der Waals surface area contributed by atoms with E-state index in [4.69, 9.17) is 10.2 Å². The third-order valence-electron chi connectivity index (χ3n) is 0.444. The Hall–Kier alpha value is -1.01. The number of aliphatic hydroxyl groups excluding tert-OH is 1. The molecule has 0 spiro atoms. The van der Waals surface area contributed by atoms with Crippen LogP contribution in [0.4, 0.5) is 0 Å². The molecule has 0 atom stereocenters. The van der Waals surface area contributed by atoms with Crippen LogP contribution >= 0.6 is 0 Å². The average molecular weight is 114 g/mol. The zero-order valence-electron chi connectivity index (χ0n) is 4.22. The molecule has 44 valence electrons. The van der Waals surface area contributed by atoms with E-state index in [-0.39, 0.29) is 13.0 Å². The van der Waals surface area contributed by atoms with Crippen LogP contribution in [-0.4, -0.2) is 22.8 Å². The monoisotopic (exact) mass is 114 g/mol. The van der Waals surface area contributed by atoms with Gasteiger partial charge < -0.3 is 10.2 Å². The fraction of sp³-hybridized carbons (Fsp3) is 0.400. The highest BCUT2D eigenvalue weighted by Gasteiger charge is 1.86. The van der Waals surface area contributed by atoms with Crippen LogP contribution in [-0.2, 0) is 4.79 Å². The summed E-state index contributed by atoms with van der Waals surface area (Å²) < 4.78 is 0. The Bertz CT molecular complexity index is 128. The SMILES string of the molecule is O=C(O)CC#CCO. The number of aliphatic hydroxyl groups is 1. The summed E-state index contributed by atoms with van der Waals surface area (Å²) in [4.78, 5) is 9.69. The zero-order chi connectivity index (χ0) is 6.41. The molecule has 0 heterocycles. The van der Waals surface area contributed by atoms with E-state index in [1.165, 1.54) is 0 Å². The molecule has 0 aromatic carbocycles. The van der Waals surface area contributed by atoms with Gasteiger partial charge in [0.2, 0.25) is 0 Å². The van der Waals surface area contributed by atoms with Crippen LogP contribution in [0.3, 0.4) is 0 Å². The van der Waals surface area contributed by atoms with Crippen molar-refractivity contribution in [2.75, 3.05) is 6.61 Å². The Morgan fingerprint density at radius 3 is 2.50 bits per heavy atom. The molecule has 0 aliphatic carbocycles. The van der Waals surface area contributed by atoms with Crippen molar-refractivity contribution < 1.29 is 15.0 Å². The maximum atomic E-state index is 9.69. The third kappa shape index (κ3) is 4.99. The summed E-state index contributed by atoms with van der Waals surface area (Å²) in [5.41, 5.74) is 0. The van der Waals surface area contributed by atoms with Gasteiger partial charge in [0, 0.05) is 0 Å². The van der Waals surface area contributed by atoms with Crippen LogP contribution in [0.1, 0.15) is 6.42 Å². The van der Waals surface area contributed by atoms with Crippen molar-refractivity contribution in [2.45, 2.75) is 6.42 Å². The van der Waals surface area contributed by atoms with E-state index in [1.807, 2.05) is 0 Å². The van der Waals surface area contributed by atoms with Gasteiger partial charge in [-0.05, 0) is 0 Å². The van der Waals surface area contributed by atoms with E-state index in [9.17, 15) is 4.79 Å². The molecule has 0 unspecified atom stereocenters. The summed E-state index contributed by atoms with van der Waals surface area (Å²) >= 11 is 0. The molecule has 3 nitrogen and oxygen atoms in total. The fourth-order valence-electron chi connectivity index (χ4n) is 0.194. The highest BCUT2D eigenvalue weighted by atomic mass is 16.4. The van der Waals surface area contributed by atoms with Crippen LogP contribution in [0.5, 0.6) is 0 Å². The lowest BCUT2D eigenvalue weighted by atomic mass is 10.4. The molecule has 3 heteroatoms. The molecular weight excluding hydrogens is 108 g/mol. The largest absolute Gasteiger partial charge is 0.481 e. The first-order valence-electron chi connectivity index (χ1n) is 2.05. The molecule has 0 saturated heterocycles. The highest BCUT2D eigenvalue weighted by Crippen LogP contribution is 1.71. The van der Waals surface area contributed by atoms with Crippen LogP contribution in [0.2, 0.25) is 0 Å². The summed E-state index contributed by atoms with van der Waals surface area (Å²) in [7, 11) is 0. The molecule has 0 aromatic heterocycles. The number of aliphatic carboxylic acids is 1. The summed E-state index contributed by atoms with van der Waals surface area (Å²) in [6.45, 7) is -0.271. The minimum Gasteiger partial charge on any atom is -0.481 e. The number of carbonyl (C=O) groups is 1. The summed E-state index contributed by atoms with van der Waals surface area (Å²) in [6, 6.07) is 0. The Morgan fingerprint density at radius 1 is 1.50 bits per heavy atom. The molecule has 0 fully saturated rings. The van der Waals surface area contributed by atoms with E-state index in [2.05, 4.69) is 11.8 Å². The maximum Gasteiger partial charge on any atom is 0.315 e. The molecule has 0 saturated carbocycles. The summed E-state index contributed by atoms with van der Waals surface area (Å²) in [5.74, 6) is 3.47. The first-order chi connectivity index (χ1) is 3.77. The Morgan fingerprint density at radius 2 is 2.12 bits per heavy atom. The molecular formula is C5H6O3. The fourth-order valence-corrected chi connectivity index (χ4v) is 0.194. The number of hydrogen-bond donors (Lipinski definition) is 2. The van der Waals surface area contributed by atoms with Crippen molar-refractivity contribution in [1.82, 2.24) is 0 Å². The molecule has 0 amide bonds. The Balaban J connectivity index is 3.29. The van der Waals surface area contributed by atoms with E-state index < -0.39 is 5.97 Å². The minimum atomic E-state index is -0.967. The van der Waals surface area contributed by atoms with Crippen molar-refractivity contribution in [1.29, 1.82) is 0 Å².